The minimum absolute atomic E-state index is 0.0491. The maximum Gasteiger partial charge on any atom is 0.239 e. The number of Topliss-reactive ketones (excluding diaryl/α,β-unsaturated/α-hetero) is 1. The fourth-order valence-electron chi connectivity index (χ4n) is 3.99. The first kappa shape index (κ1) is 32.1. The number of benzene rings is 2. The van der Waals surface area contributed by atoms with E-state index in [0.717, 1.165) is 11.7 Å². The minimum atomic E-state index is -0.941. The Morgan fingerprint density at radius 3 is 2.34 bits per heavy atom. The Hall–Kier alpha value is -3.93. The number of amides is 1. The van der Waals surface area contributed by atoms with Gasteiger partial charge in [-0.1, -0.05) is 57.7 Å². The van der Waals surface area contributed by atoms with Gasteiger partial charge in [-0.05, 0) is 92.1 Å². The van der Waals surface area contributed by atoms with Crippen molar-refractivity contribution in [1.29, 1.82) is 5.41 Å². The number of nitrogens with two attached hydrogens (primary N) is 1. The zero-order valence-corrected chi connectivity index (χ0v) is 23.6. The number of nitrogen functional groups attached to an aromatic ring is 1. The first-order valence-electron chi connectivity index (χ1n) is 13.1. The Morgan fingerprint density at radius 2 is 1.79 bits per heavy atom. The van der Waals surface area contributed by atoms with Gasteiger partial charge in [0.2, 0.25) is 5.91 Å². The van der Waals surface area contributed by atoms with Crippen molar-refractivity contribution in [3.63, 3.8) is 0 Å². The molecule has 0 saturated carbocycles. The molecule has 2 unspecified atom stereocenters. The summed E-state index contributed by atoms with van der Waals surface area (Å²) in [6.45, 7) is 13.3. The Labute approximate surface area is 228 Å². The summed E-state index contributed by atoms with van der Waals surface area (Å²) in [5.41, 5.74) is 9.88. The summed E-state index contributed by atoms with van der Waals surface area (Å²) >= 11 is 0. The summed E-state index contributed by atoms with van der Waals surface area (Å²) in [6.07, 6.45) is 10.8. The molecular formula is C32H43N3O3. The van der Waals surface area contributed by atoms with E-state index in [4.69, 9.17) is 15.9 Å². The number of carbonyl (C=O) groups excluding carboxylic acids is 2. The monoisotopic (exact) mass is 517 g/mol. The van der Waals surface area contributed by atoms with Gasteiger partial charge in [0.25, 0.3) is 0 Å². The Morgan fingerprint density at radius 1 is 1.13 bits per heavy atom. The smallest absolute Gasteiger partial charge is 0.239 e. The molecule has 3 rings (SSSR count). The first-order chi connectivity index (χ1) is 18.2. The predicted octanol–water partition coefficient (Wildman–Crippen LogP) is 6.65. The van der Waals surface area contributed by atoms with Crippen LogP contribution in [0.3, 0.4) is 0 Å². The minimum Gasteiger partial charge on any atom is -0.497 e. The molecule has 2 aromatic carbocycles. The molecule has 0 bridgehead atoms. The van der Waals surface area contributed by atoms with Crippen LogP contribution in [-0.2, 0) is 22.4 Å². The van der Waals surface area contributed by atoms with Crippen LogP contribution in [-0.4, -0.2) is 24.6 Å². The highest BCUT2D eigenvalue weighted by atomic mass is 16.5. The number of hydrogen-bond acceptors (Lipinski definition) is 4. The zero-order valence-electron chi connectivity index (χ0n) is 23.6. The van der Waals surface area contributed by atoms with Gasteiger partial charge in [-0.2, -0.15) is 0 Å². The van der Waals surface area contributed by atoms with E-state index in [1.54, 1.807) is 49.6 Å². The first-order valence-corrected chi connectivity index (χ1v) is 13.1. The number of rotatable bonds is 8. The van der Waals surface area contributed by atoms with Gasteiger partial charge in [-0.15, -0.1) is 0 Å². The van der Waals surface area contributed by atoms with Crippen molar-refractivity contribution < 1.29 is 14.3 Å². The third kappa shape index (κ3) is 10.2. The van der Waals surface area contributed by atoms with E-state index in [1.165, 1.54) is 37.3 Å². The largest absolute Gasteiger partial charge is 0.497 e. The standard InChI is InChI=1S/C18H21N3O2.C12H16O.C2H6/c1-4-5-6-7-12(2)16(13(3)22)18(23)21-15-10-8-14(9-11-15)17(19)20;1-9-3-4-10-5-6-12(13-2)8-11(10)7-9;1-2/h4-11,16H,2H2,1,3H3,(H3,19,20)(H,21,23);5-6,8-9H,3-4,7H2,1-2H3;1-2H3/b5-4-,7-6-;;. The summed E-state index contributed by atoms with van der Waals surface area (Å²) in [5, 5.41) is 10.0. The number of hydrogen-bond donors (Lipinski definition) is 3. The van der Waals surface area contributed by atoms with Crippen LogP contribution in [0.2, 0.25) is 0 Å². The molecule has 1 aliphatic carbocycles. The third-order valence-electron chi connectivity index (χ3n) is 6.01. The van der Waals surface area contributed by atoms with E-state index in [9.17, 15) is 9.59 Å². The van der Waals surface area contributed by atoms with Gasteiger partial charge in [0, 0.05) is 11.3 Å². The van der Waals surface area contributed by atoms with Gasteiger partial charge in [-0.3, -0.25) is 15.0 Å². The summed E-state index contributed by atoms with van der Waals surface area (Å²) in [6, 6.07) is 13.0. The number of allylic oxidation sites excluding steroid dienone is 4. The second kappa shape index (κ2) is 16.7. The fraction of sp³-hybridized carbons (Fsp3) is 0.344. The van der Waals surface area contributed by atoms with Crippen molar-refractivity contribution in [3.05, 3.63) is 95.6 Å². The lowest BCUT2D eigenvalue weighted by molar-refractivity contribution is -0.128. The van der Waals surface area contributed by atoms with Crippen LogP contribution in [0.25, 0.3) is 0 Å². The predicted molar refractivity (Wildman–Crippen MR) is 159 cm³/mol. The van der Waals surface area contributed by atoms with Crippen LogP contribution in [0.5, 0.6) is 5.75 Å². The topological polar surface area (TPSA) is 105 Å². The van der Waals surface area contributed by atoms with Crippen LogP contribution < -0.4 is 15.8 Å². The van der Waals surface area contributed by atoms with Crippen molar-refractivity contribution in [2.24, 2.45) is 17.6 Å². The fourth-order valence-corrected chi connectivity index (χ4v) is 3.99. The van der Waals surface area contributed by atoms with E-state index in [-0.39, 0.29) is 11.6 Å². The molecule has 6 heteroatoms. The number of ketones is 1. The molecule has 2 atom stereocenters. The number of fused-ring (bicyclic) bond motifs is 1. The molecule has 2 aromatic rings. The Kier molecular flexibility index (Phi) is 14.1. The molecule has 0 radical (unpaired) electrons. The van der Waals surface area contributed by atoms with Crippen LogP contribution in [0, 0.1) is 17.2 Å². The summed E-state index contributed by atoms with van der Waals surface area (Å²) < 4.78 is 5.22. The Bertz CT molecular complexity index is 1150. The van der Waals surface area contributed by atoms with Crippen LogP contribution >= 0.6 is 0 Å². The SMILES string of the molecule is C=C(/C=C\C=C/C)C(C(C)=O)C(=O)Nc1ccc(C(=N)N)cc1.CC.COc1ccc2c(c1)CC(C)CC2. The molecule has 1 aliphatic rings. The second-order valence-electron chi connectivity index (χ2n) is 8.97. The van der Waals surface area contributed by atoms with Gasteiger partial charge in [0.15, 0.2) is 0 Å². The maximum absolute atomic E-state index is 12.3. The number of ether oxygens (including phenoxy) is 1. The number of amidine groups is 1. The summed E-state index contributed by atoms with van der Waals surface area (Å²) in [4.78, 5) is 24.1. The lowest BCUT2D eigenvalue weighted by Crippen LogP contribution is -2.29. The number of anilines is 1. The van der Waals surface area contributed by atoms with Gasteiger partial charge in [0.05, 0.1) is 7.11 Å². The van der Waals surface area contributed by atoms with E-state index in [2.05, 4.69) is 37.0 Å². The van der Waals surface area contributed by atoms with Gasteiger partial charge < -0.3 is 15.8 Å². The van der Waals surface area contributed by atoms with Crippen LogP contribution in [0.15, 0.2) is 78.9 Å². The molecule has 1 amide bonds. The highest BCUT2D eigenvalue weighted by molar-refractivity contribution is 6.09. The molecule has 0 fully saturated rings. The molecule has 6 nitrogen and oxygen atoms in total. The molecule has 0 heterocycles. The molecule has 4 N–H and O–H groups in total. The van der Waals surface area contributed by atoms with Crippen molar-refractivity contribution in [2.45, 2.75) is 53.9 Å². The Balaban J connectivity index is 0.000000403. The molecule has 0 spiro atoms. The van der Waals surface area contributed by atoms with Gasteiger partial charge in [0.1, 0.15) is 23.3 Å². The summed E-state index contributed by atoms with van der Waals surface area (Å²) in [5.74, 6) is 0.115. The number of carbonyl (C=O) groups is 2. The maximum atomic E-state index is 12.3. The van der Waals surface area contributed by atoms with Crippen molar-refractivity contribution in [3.8, 4) is 5.75 Å². The van der Waals surface area contributed by atoms with Crippen LogP contribution in [0.4, 0.5) is 5.69 Å². The molecule has 0 saturated heterocycles. The van der Waals surface area contributed by atoms with Gasteiger partial charge >= 0.3 is 0 Å². The summed E-state index contributed by atoms with van der Waals surface area (Å²) in [7, 11) is 1.73. The second-order valence-corrected chi connectivity index (χ2v) is 8.97. The van der Waals surface area contributed by atoms with Crippen molar-refractivity contribution >= 4 is 23.2 Å². The molecule has 38 heavy (non-hydrogen) atoms. The highest BCUT2D eigenvalue weighted by Crippen LogP contribution is 2.28. The number of methoxy groups -OCH3 is 1. The van der Waals surface area contributed by atoms with E-state index < -0.39 is 11.8 Å². The quantitative estimate of drug-likeness (QED) is 0.158. The van der Waals surface area contributed by atoms with Crippen LogP contribution in [0.1, 0.15) is 57.7 Å². The lowest BCUT2D eigenvalue weighted by Gasteiger charge is -2.21. The molecule has 0 aromatic heterocycles. The van der Waals surface area contributed by atoms with Crippen molar-refractivity contribution in [1.82, 2.24) is 0 Å². The van der Waals surface area contributed by atoms with Gasteiger partial charge in [-0.25, -0.2) is 0 Å². The molecular weight excluding hydrogens is 474 g/mol. The van der Waals surface area contributed by atoms with Crippen molar-refractivity contribution in [2.75, 3.05) is 12.4 Å². The third-order valence-corrected chi connectivity index (χ3v) is 6.01. The average molecular weight is 518 g/mol. The normalized spacial score (nSPS) is 14.7. The zero-order chi connectivity index (χ0) is 28.7. The lowest BCUT2D eigenvalue weighted by atomic mass is 9.85. The number of nitrogens with one attached hydrogen (secondary N) is 2. The van der Waals surface area contributed by atoms with E-state index in [0.29, 0.717) is 16.8 Å². The average Bonchev–Trinajstić information content (AvgIpc) is 2.90. The molecule has 0 aliphatic heterocycles. The highest BCUT2D eigenvalue weighted by Gasteiger charge is 2.25. The van der Waals surface area contributed by atoms with E-state index >= 15 is 0 Å². The number of aryl methyl sites for hydroxylation is 1. The van der Waals surface area contributed by atoms with E-state index in [1.807, 2.05) is 26.8 Å². The molecule has 204 valence electrons.